The van der Waals surface area contributed by atoms with Crippen molar-refractivity contribution in [2.75, 3.05) is 0 Å². The van der Waals surface area contributed by atoms with E-state index in [0.717, 1.165) is 6.42 Å². The third-order valence-corrected chi connectivity index (χ3v) is 3.94. The summed E-state index contributed by atoms with van der Waals surface area (Å²) in [6.45, 7) is 9.31. The predicted octanol–water partition coefficient (Wildman–Crippen LogP) is 3.47. The molecule has 0 saturated heterocycles. The van der Waals surface area contributed by atoms with E-state index in [-0.39, 0.29) is 17.2 Å². The largest absolute Gasteiger partial charge is 0.352 e. The van der Waals surface area contributed by atoms with Crippen LogP contribution in [0.1, 0.15) is 51.2 Å². The van der Waals surface area contributed by atoms with Crippen LogP contribution >= 0.6 is 0 Å². The maximum Gasteiger partial charge on any atom is 0.223 e. The quantitative estimate of drug-likeness (QED) is 0.864. The SMILES string of the molecule is CC(C)c1ccc(CNC(=O)[C@H]2CC2(C)C)cc1. The Morgan fingerprint density at radius 3 is 2.33 bits per heavy atom. The van der Waals surface area contributed by atoms with Crippen molar-refractivity contribution in [3.05, 3.63) is 35.4 Å². The molecule has 0 aromatic heterocycles. The Morgan fingerprint density at radius 1 is 1.33 bits per heavy atom. The van der Waals surface area contributed by atoms with Gasteiger partial charge in [0.1, 0.15) is 0 Å². The maximum atomic E-state index is 11.9. The lowest BCUT2D eigenvalue weighted by atomic mass is 10.0. The second-order valence-electron chi connectivity index (χ2n) is 6.36. The van der Waals surface area contributed by atoms with Crippen molar-refractivity contribution in [2.45, 2.75) is 46.6 Å². The first-order chi connectivity index (χ1) is 8.40. The van der Waals surface area contributed by atoms with Crippen molar-refractivity contribution in [3.8, 4) is 0 Å². The number of rotatable bonds is 4. The van der Waals surface area contributed by atoms with Gasteiger partial charge in [-0.25, -0.2) is 0 Å². The van der Waals surface area contributed by atoms with Gasteiger partial charge in [0.05, 0.1) is 0 Å². The highest BCUT2D eigenvalue weighted by atomic mass is 16.2. The van der Waals surface area contributed by atoms with E-state index in [9.17, 15) is 4.79 Å². The number of amides is 1. The minimum Gasteiger partial charge on any atom is -0.352 e. The lowest BCUT2D eigenvalue weighted by molar-refractivity contribution is -0.123. The summed E-state index contributed by atoms with van der Waals surface area (Å²) >= 11 is 0. The Labute approximate surface area is 110 Å². The first kappa shape index (κ1) is 13.1. The van der Waals surface area contributed by atoms with Gasteiger partial charge in [0.2, 0.25) is 5.91 Å². The van der Waals surface area contributed by atoms with Gasteiger partial charge in [0.15, 0.2) is 0 Å². The van der Waals surface area contributed by atoms with E-state index in [1.807, 2.05) is 0 Å². The molecule has 1 atom stereocenters. The highest BCUT2D eigenvalue weighted by molar-refractivity contribution is 5.82. The third-order valence-electron chi connectivity index (χ3n) is 3.94. The first-order valence-corrected chi connectivity index (χ1v) is 6.77. The lowest BCUT2D eigenvalue weighted by Gasteiger charge is -2.09. The Kier molecular flexibility index (Phi) is 3.47. The average molecular weight is 245 g/mol. The molecule has 2 rings (SSSR count). The minimum absolute atomic E-state index is 0.202. The molecule has 18 heavy (non-hydrogen) atoms. The number of hydrogen-bond donors (Lipinski definition) is 1. The average Bonchev–Trinajstić information content (AvgIpc) is 2.96. The highest BCUT2D eigenvalue weighted by Gasteiger charge is 2.50. The summed E-state index contributed by atoms with van der Waals surface area (Å²) in [5, 5.41) is 3.03. The zero-order valence-electron chi connectivity index (χ0n) is 11.8. The summed E-state index contributed by atoms with van der Waals surface area (Å²) in [6, 6.07) is 8.50. The van der Waals surface area contributed by atoms with Gasteiger partial charge in [-0.1, -0.05) is 52.0 Å². The molecule has 1 aromatic carbocycles. The zero-order valence-corrected chi connectivity index (χ0v) is 11.8. The Bertz CT molecular complexity index is 431. The smallest absolute Gasteiger partial charge is 0.223 e. The summed E-state index contributed by atoms with van der Waals surface area (Å²) < 4.78 is 0. The fourth-order valence-corrected chi connectivity index (χ4v) is 2.25. The van der Waals surface area contributed by atoms with E-state index in [1.165, 1.54) is 11.1 Å². The van der Waals surface area contributed by atoms with Gasteiger partial charge in [0, 0.05) is 12.5 Å². The molecular weight excluding hydrogens is 222 g/mol. The molecule has 1 amide bonds. The molecule has 0 heterocycles. The summed E-state index contributed by atoms with van der Waals surface area (Å²) in [6.07, 6.45) is 1.02. The minimum atomic E-state index is 0.202. The fraction of sp³-hybridized carbons (Fsp3) is 0.562. The number of carbonyl (C=O) groups is 1. The normalized spacial score (nSPS) is 20.8. The number of hydrogen-bond acceptors (Lipinski definition) is 1. The molecule has 1 N–H and O–H groups in total. The van der Waals surface area contributed by atoms with Crippen molar-refractivity contribution >= 4 is 5.91 Å². The number of benzene rings is 1. The van der Waals surface area contributed by atoms with Crippen LogP contribution in [0, 0.1) is 11.3 Å². The van der Waals surface area contributed by atoms with Crippen molar-refractivity contribution in [1.29, 1.82) is 0 Å². The summed E-state index contributed by atoms with van der Waals surface area (Å²) in [7, 11) is 0. The highest BCUT2D eigenvalue weighted by Crippen LogP contribution is 2.51. The first-order valence-electron chi connectivity index (χ1n) is 6.77. The monoisotopic (exact) mass is 245 g/mol. The van der Waals surface area contributed by atoms with Gasteiger partial charge in [-0.2, -0.15) is 0 Å². The maximum absolute atomic E-state index is 11.9. The van der Waals surface area contributed by atoms with E-state index >= 15 is 0 Å². The molecule has 1 saturated carbocycles. The second kappa shape index (κ2) is 4.75. The number of nitrogens with one attached hydrogen (secondary N) is 1. The summed E-state index contributed by atoms with van der Waals surface area (Å²) in [4.78, 5) is 11.9. The van der Waals surface area contributed by atoms with Crippen molar-refractivity contribution in [1.82, 2.24) is 5.32 Å². The molecule has 98 valence electrons. The molecule has 1 fully saturated rings. The van der Waals surface area contributed by atoms with Gasteiger partial charge in [0.25, 0.3) is 0 Å². The molecule has 1 aliphatic carbocycles. The molecule has 2 nitrogen and oxygen atoms in total. The summed E-state index contributed by atoms with van der Waals surface area (Å²) in [5.74, 6) is 0.973. The van der Waals surface area contributed by atoms with Crippen LogP contribution in [0.15, 0.2) is 24.3 Å². The molecule has 0 aliphatic heterocycles. The van der Waals surface area contributed by atoms with Crippen molar-refractivity contribution in [3.63, 3.8) is 0 Å². The molecule has 0 unspecified atom stereocenters. The van der Waals surface area contributed by atoms with Crippen LogP contribution < -0.4 is 5.32 Å². The Balaban J connectivity index is 1.85. The van der Waals surface area contributed by atoms with Crippen LogP contribution in [-0.4, -0.2) is 5.91 Å². The molecule has 2 heteroatoms. The molecule has 0 radical (unpaired) electrons. The van der Waals surface area contributed by atoms with Gasteiger partial charge in [-0.05, 0) is 28.9 Å². The predicted molar refractivity (Wildman–Crippen MR) is 74.3 cm³/mol. The zero-order chi connectivity index (χ0) is 13.3. The fourth-order valence-electron chi connectivity index (χ4n) is 2.25. The molecule has 0 spiro atoms. The van der Waals surface area contributed by atoms with E-state index in [0.29, 0.717) is 12.5 Å². The van der Waals surface area contributed by atoms with Crippen LogP contribution in [0.3, 0.4) is 0 Å². The topological polar surface area (TPSA) is 29.1 Å². The van der Waals surface area contributed by atoms with Gasteiger partial charge in [-0.3, -0.25) is 4.79 Å². The molecule has 0 bridgehead atoms. The van der Waals surface area contributed by atoms with Crippen LogP contribution in [0.5, 0.6) is 0 Å². The van der Waals surface area contributed by atoms with Gasteiger partial charge in [-0.15, -0.1) is 0 Å². The molecule has 1 aliphatic rings. The van der Waals surface area contributed by atoms with E-state index in [2.05, 4.69) is 57.3 Å². The van der Waals surface area contributed by atoms with Gasteiger partial charge >= 0.3 is 0 Å². The van der Waals surface area contributed by atoms with Crippen LogP contribution in [-0.2, 0) is 11.3 Å². The standard InChI is InChI=1S/C16H23NO/c1-11(2)13-7-5-12(6-8-13)10-17-15(18)14-9-16(14,3)4/h5-8,11,14H,9-10H2,1-4H3,(H,17,18)/t14-/m1/s1. The Morgan fingerprint density at radius 2 is 1.89 bits per heavy atom. The van der Waals surface area contributed by atoms with Crippen LogP contribution in [0.4, 0.5) is 0 Å². The lowest BCUT2D eigenvalue weighted by Crippen LogP contribution is -2.25. The third kappa shape index (κ3) is 2.92. The van der Waals surface area contributed by atoms with Crippen LogP contribution in [0.25, 0.3) is 0 Å². The summed E-state index contributed by atoms with van der Waals surface area (Å²) in [5.41, 5.74) is 2.73. The number of carbonyl (C=O) groups excluding carboxylic acids is 1. The second-order valence-corrected chi connectivity index (χ2v) is 6.36. The molecular formula is C16H23NO. The van der Waals surface area contributed by atoms with Gasteiger partial charge < -0.3 is 5.32 Å². The van der Waals surface area contributed by atoms with E-state index < -0.39 is 0 Å². The van der Waals surface area contributed by atoms with E-state index in [1.54, 1.807) is 0 Å². The Hall–Kier alpha value is -1.31. The van der Waals surface area contributed by atoms with Crippen molar-refractivity contribution in [2.24, 2.45) is 11.3 Å². The molecule has 1 aromatic rings. The van der Waals surface area contributed by atoms with Crippen LogP contribution in [0.2, 0.25) is 0 Å². The van der Waals surface area contributed by atoms with Crippen molar-refractivity contribution < 1.29 is 4.79 Å². The van der Waals surface area contributed by atoms with E-state index in [4.69, 9.17) is 0 Å².